The van der Waals surface area contributed by atoms with Crippen LogP contribution >= 0.6 is 0 Å². The molecular formula is C12H15NO2. The SMILES string of the molecule is CC1C(=O)C(O)(c2ccccc2)CN1C. The minimum Gasteiger partial charge on any atom is -0.376 e. The molecule has 2 unspecified atom stereocenters. The van der Waals surface area contributed by atoms with E-state index in [4.69, 9.17) is 0 Å². The third kappa shape index (κ3) is 1.48. The second-order valence-electron chi connectivity index (χ2n) is 4.18. The molecule has 1 fully saturated rings. The highest BCUT2D eigenvalue weighted by Crippen LogP contribution is 2.31. The van der Waals surface area contributed by atoms with Gasteiger partial charge < -0.3 is 5.11 Å². The molecule has 15 heavy (non-hydrogen) atoms. The highest BCUT2D eigenvalue weighted by molar-refractivity contribution is 5.94. The van der Waals surface area contributed by atoms with Gasteiger partial charge in [-0.2, -0.15) is 0 Å². The van der Waals surface area contributed by atoms with E-state index in [2.05, 4.69) is 0 Å². The number of rotatable bonds is 1. The fourth-order valence-electron chi connectivity index (χ4n) is 2.07. The number of hydrogen-bond donors (Lipinski definition) is 1. The van der Waals surface area contributed by atoms with E-state index in [0.29, 0.717) is 12.1 Å². The van der Waals surface area contributed by atoms with Crippen molar-refractivity contribution < 1.29 is 9.90 Å². The Bertz CT molecular complexity index is 376. The number of Topliss-reactive ketones (excluding diaryl/α,β-unsaturated/α-hetero) is 1. The maximum Gasteiger partial charge on any atom is 0.186 e. The molecule has 0 bridgehead atoms. The lowest BCUT2D eigenvalue weighted by Crippen LogP contribution is -2.36. The number of aliphatic hydroxyl groups is 1. The summed E-state index contributed by atoms with van der Waals surface area (Å²) in [5.41, 5.74) is -0.638. The van der Waals surface area contributed by atoms with Crippen molar-refractivity contribution in [1.82, 2.24) is 4.90 Å². The summed E-state index contributed by atoms with van der Waals surface area (Å²) >= 11 is 0. The second-order valence-corrected chi connectivity index (χ2v) is 4.18. The van der Waals surface area contributed by atoms with E-state index < -0.39 is 5.60 Å². The number of carbonyl (C=O) groups is 1. The summed E-state index contributed by atoms with van der Waals surface area (Å²) in [7, 11) is 1.85. The first-order valence-electron chi connectivity index (χ1n) is 5.08. The van der Waals surface area contributed by atoms with Crippen LogP contribution in [0.15, 0.2) is 30.3 Å². The van der Waals surface area contributed by atoms with Gasteiger partial charge >= 0.3 is 0 Å². The van der Waals surface area contributed by atoms with Crippen LogP contribution in [0.5, 0.6) is 0 Å². The van der Waals surface area contributed by atoms with Crippen molar-refractivity contribution >= 4 is 5.78 Å². The van der Waals surface area contributed by atoms with Crippen LogP contribution in [0.1, 0.15) is 12.5 Å². The summed E-state index contributed by atoms with van der Waals surface area (Å²) in [5, 5.41) is 10.4. The molecule has 0 spiro atoms. The molecule has 1 aliphatic heterocycles. The van der Waals surface area contributed by atoms with Gasteiger partial charge in [-0.3, -0.25) is 9.69 Å². The Kier molecular flexibility index (Phi) is 2.37. The Hall–Kier alpha value is -1.19. The topological polar surface area (TPSA) is 40.5 Å². The van der Waals surface area contributed by atoms with Crippen LogP contribution in [-0.2, 0) is 10.4 Å². The molecule has 1 aliphatic rings. The van der Waals surface area contributed by atoms with Gasteiger partial charge in [-0.15, -0.1) is 0 Å². The third-order valence-electron chi connectivity index (χ3n) is 3.18. The molecule has 80 valence electrons. The zero-order chi connectivity index (χ0) is 11.1. The van der Waals surface area contributed by atoms with Crippen LogP contribution in [0.25, 0.3) is 0 Å². The maximum absolute atomic E-state index is 11.9. The van der Waals surface area contributed by atoms with E-state index >= 15 is 0 Å². The predicted octanol–water partition coefficient (Wildman–Crippen LogP) is 0.777. The van der Waals surface area contributed by atoms with Gasteiger partial charge in [0, 0.05) is 6.54 Å². The lowest BCUT2D eigenvalue weighted by molar-refractivity contribution is -0.134. The molecule has 1 aromatic carbocycles. The summed E-state index contributed by atoms with van der Waals surface area (Å²) in [6.07, 6.45) is 0. The molecule has 0 aliphatic carbocycles. The molecule has 0 aromatic heterocycles. The molecular weight excluding hydrogens is 190 g/mol. The van der Waals surface area contributed by atoms with Gasteiger partial charge in [0.2, 0.25) is 0 Å². The largest absolute Gasteiger partial charge is 0.376 e. The molecule has 0 amide bonds. The molecule has 3 nitrogen and oxygen atoms in total. The van der Waals surface area contributed by atoms with Gasteiger partial charge in [0.15, 0.2) is 11.4 Å². The third-order valence-corrected chi connectivity index (χ3v) is 3.18. The van der Waals surface area contributed by atoms with Gasteiger partial charge in [0.05, 0.1) is 6.04 Å². The lowest BCUT2D eigenvalue weighted by atomic mass is 9.90. The Morgan fingerprint density at radius 2 is 2.00 bits per heavy atom. The highest BCUT2D eigenvalue weighted by atomic mass is 16.3. The van der Waals surface area contributed by atoms with Gasteiger partial charge in [-0.1, -0.05) is 30.3 Å². The van der Waals surface area contributed by atoms with Crippen molar-refractivity contribution in [1.29, 1.82) is 0 Å². The molecule has 2 rings (SSSR count). The molecule has 1 saturated heterocycles. The highest BCUT2D eigenvalue weighted by Gasteiger charge is 2.48. The summed E-state index contributed by atoms with van der Waals surface area (Å²) in [5.74, 6) is -0.115. The lowest BCUT2D eigenvalue weighted by Gasteiger charge is -2.20. The van der Waals surface area contributed by atoms with Crippen LogP contribution in [0.2, 0.25) is 0 Å². The Morgan fingerprint density at radius 1 is 1.40 bits per heavy atom. The van der Waals surface area contributed by atoms with E-state index in [9.17, 15) is 9.90 Å². The van der Waals surface area contributed by atoms with Crippen LogP contribution in [0, 0.1) is 0 Å². The number of β-amino-alcohol motifs (C(OH)–C–C–N with tert-alkyl or cyclic N) is 1. The predicted molar refractivity (Wildman–Crippen MR) is 57.4 cm³/mol. The number of carbonyl (C=O) groups excluding carboxylic acids is 1. The van der Waals surface area contributed by atoms with Crippen molar-refractivity contribution in [3.05, 3.63) is 35.9 Å². The summed E-state index contributed by atoms with van der Waals surface area (Å²) in [4.78, 5) is 13.8. The number of hydrogen-bond acceptors (Lipinski definition) is 3. The van der Waals surface area contributed by atoms with Gasteiger partial charge in [-0.25, -0.2) is 0 Å². The van der Waals surface area contributed by atoms with Crippen LogP contribution < -0.4 is 0 Å². The first kappa shape index (κ1) is 10.3. The van der Waals surface area contributed by atoms with Crippen LogP contribution in [0.4, 0.5) is 0 Å². The smallest absolute Gasteiger partial charge is 0.186 e. The van der Waals surface area contributed by atoms with Gasteiger partial charge in [0.1, 0.15) is 0 Å². The number of likely N-dealkylation sites (N-methyl/N-ethyl adjacent to an activating group) is 1. The zero-order valence-corrected chi connectivity index (χ0v) is 8.97. The first-order chi connectivity index (χ1) is 7.05. The number of ketones is 1. The van der Waals surface area contributed by atoms with Crippen LogP contribution in [0.3, 0.4) is 0 Å². The quantitative estimate of drug-likeness (QED) is 0.736. The Labute approximate surface area is 89.3 Å². The minimum absolute atomic E-state index is 0.115. The maximum atomic E-state index is 11.9. The van der Waals surface area contributed by atoms with Crippen molar-refractivity contribution in [3.8, 4) is 0 Å². The van der Waals surface area contributed by atoms with Gasteiger partial charge in [0.25, 0.3) is 0 Å². The molecule has 1 N–H and O–H groups in total. The monoisotopic (exact) mass is 205 g/mol. The van der Waals surface area contributed by atoms with E-state index in [-0.39, 0.29) is 11.8 Å². The van der Waals surface area contributed by atoms with E-state index in [1.54, 1.807) is 12.1 Å². The van der Waals surface area contributed by atoms with E-state index in [0.717, 1.165) is 0 Å². The molecule has 1 heterocycles. The standard InChI is InChI=1S/C12H15NO2/c1-9-11(14)12(15,8-13(9)2)10-6-4-3-5-7-10/h3-7,9,15H,8H2,1-2H3. The normalized spacial score (nSPS) is 32.2. The number of nitrogens with zero attached hydrogens (tertiary/aromatic N) is 1. The zero-order valence-electron chi connectivity index (χ0n) is 8.97. The average molecular weight is 205 g/mol. The first-order valence-corrected chi connectivity index (χ1v) is 5.08. The second kappa shape index (κ2) is 3.43. The minimum atomic E-state index is -1.32. The average Bonchev–Trinajstić information content (AvgIpc) is 2.45. The van der Waals surface area contributed by atoms with Crippen molar-refractivity contribution in [2.24, 2.45) is 0 Å². The Morgan fingerprint density at radius 3 is 2.47 bits per heavy atom. The number of benzene rings is 1. The molecule has 1 aromatic rings. The van der Waals surface area contributed by atoms with Crippen molar-refractivity contribution in [3.63, 3.8) is 0 Å². The summed E-state index contributed by atoms with van der Waals surface area (Å²) in [6.45, 7) is 2.19. The van der Waals surface area contributed by atoms with Gasteiger partial charge in [-0.05, 0) is 19.5 Å². The number of likely N-dealkylation sites (tertiary alicyclic amines) is 1. The van der Waals surface area contributed by atoms with Crippen molar-refractivity contribution in [2.75, 3.05) is 13.6 Å². The Balaban J connectivity index is 2.41. The fraction of sp³-hybridized carbons (Fsp3) is 0.417. The molecule has 0 saturated carbocycles. The molecule has 2 atom stereocenters. The van der Waals surface area contributed by atoms with Crippen LogP contribution in [-0.4, -0.2) is 35.4 Å². The fourth-order valence-corrected chi connectivity index (χ4v) is 2.07. The summed E-state index contributed by atoms with van der Waals surface area (Å²) < 4.78 is 0. The summed E-state index contributed by atoms with van der Waals surface area (Å²) in [6, 6.07) is 8.93. The molecule has 0 radical (unpaired) electrons. The van der Waals surface area contributed by atoms with E-state index in [1.165, 1.54) is 0 Å². The van der Waals surface area contributed by atoms with E-state index in [1.807, 2.05) is 37.1 Å². The van der Waals surface area contributed by atoms with Crippen molar-refractivity contribution in [2.45, 2.75) is 18.6 Å². The molecule has 3 heteroatoms.